The summed E-state index contributed by atoms with van der Waals surface area (Å²) in [5, 5.41) is 5.78. The fourth-order valence-electron chi connectivity index (χ4n) is 1.65. The number of amides is 1. The highest BCUT2D eigenvalue weighted by Crippen LogP contribution is 2.38. The summed E-state index contributed by atoms with van der Waals surface area (Å²) >= 11 is 3.39. The first-order valence-electron chi connectivity index (χ1n) is 5.74. The number of fused-ring (bicyclic) bond motifs is 1. The zero-order valence-electron chi connectivity index (χ0n) is 10.1. The molecule has 1 aliphatic heterocycles. The first-order valence-corrected chi connectivity index (χ1v) is 6.53. The van der Waals surface area contributed by atoms with Gasteiger partial charge >= 0.3 is 0 Å². The maximum Gasteiger partial charge on any atom is 0.251 e. The first-order chi connectivity index (χ1) is 8.72. The molecule has 1 aromatic carbocycles. The molecule has 0 aromatic heterocycles. The van der Waals surface area contributed by atoms with Crippen LogP contribution in [0.2, 0.25) is 0 Å². The number of rotatable bonds is 4. The predicted octanol–water partition coefficient (Wildman–Crippen LogP) is 1.17. The summed E-state index contributed by atoms with van der Waals surface area (Å²) in [7, 11) is 1.84. The molecule has 1 aromatic rings. The Bertz CT molecular complexity index is 451. The Hall–Kier alpha value is -1.27. The van der Waals surface area contributed by atoms with Gasteiger partial charge in [0.15, 0.2) is 11.5 Å². The van der Waals surface area contributed by atoms with Crippen molar-refractivity contribution in [3.05, 3.63) is 22.2 Å². The zero-order valence-corrected chi connectivity index (χ0v) is 11.7. The number of halogens is 1. The van der Waals surface area contributed by atoms with E-state index in [4.69, 9.17) is 9.47 Å². The zero-order chi connectivity index (χ0) is 13.0. The van der Waals surface area contributed by atoms with Gasteiger partial charge in [-0.2, -0.15) is 0 Å². The van der Waals surface area contributed by atoms with E-state index in [2.05, 4.69) is 26.6 Å². The molecule has 0 unspecified atom stereocenters. The predicted molar refractivity (Wildman–Crippen MR) is 71.4 cm³/mol. The highest BCUT2D eigenvalue weighted by molar-refractivity contribution is 9.10. The topological polar surface area (TPSA) is 59.6 Å². The average Bonchev–Trinajstić information content (AvgIpc) is 2.39. The fourth-order valence-corrected chi connectivity index (χ4v) is 2.20. The van der Waals surface area contributed by atoms with E-state index in [9.17, 15) is 4.79 Å². The van der Waals surface area contributed by atoms with Crippen LogP contribution in [-0.4, -0.2) is 39.3 Å². The Balaban J connectivity index is 2.14. The molecule has 0 saturated carbocycles. The SMILES string of the molecule is CNCCNC(=O)c1cc(Br)c2c(c1)OCCO2. The number of benzene rings is 1. The summed E-state index contributed by atoms with van der Waals surface area (Å²) in [6.45, 7) is 2.35. The lowest BCUT2D eigenvalue weighted by atomic mass is 10.2. The number of nitrogens with one attached hydrogen (secondary N) is 2. The third-order valence-electron chi connectivity index (χ3n) is 2.52. The van der Waals surface area contributed by atoms with E-state index in [1.54, 1.807) is 12.1 Å². The van der Waals surface area contributed by atoms with Gasteiger partial charge in [0.25, 0.3) is 5.91 Å². The average molecular weight is 315 g/mol. The highest BCUT2D eigenvalue weighted by atomic mass is 79.9. The van der Waals surface area contributed by atoms with Gasteiger partial charge in [-0.15, -0.1) is 0 Å². The molecule has 6 heteroatoms. The van der Waals surface area contributed by atoms with Crippen LogP contribution in [-0.2, 0) is 0 Å². The van der Waals surface area contributed by atoms with Crippen LogP contribution < -0.4 is 20.1 Å². The van der Waals surface area contributed by atoms with Crippen molar-refractivity contribution in [3.63, 3.8) is 0 Å². The molecule has 1 aliphatic rings. The van der Waals surface area contributed by atoms with Crippen molar-refractivity contribution in [3.8, 4) is 11.5 Å². The van der Waals surface area contributed by atoms with Crippen LogP contribution in [0.4, 0.5) is 0 Å². The molecule has 18 heavy (non-hydrogen) atoms. The Morgan fingerprint density at radius 3 is 2.89 bits per heavy atom. The molecule has 1 heterocycles. The van der Waals surface area contributed by atoms with Crippen LogP contribution in [0.3, 0.4) is 0 Å². The lowest BCUT2D eigenvalue weighted by molar-refractivity contribution is 0.0952. The van der Waals surface area contributed by atoms with E-state index in [0.29, 0.717) is 36.8 Å². The molecule has 0 fully saturated rings. The van der Waals surface area contributed by atoms with Gasteiger partial charge in [0, 0.05) is 18.7 Å². The molecule has 1 amide bonds. The quantitative estimate of drug-likeness (QED) is 0.819. The van der Waals surface area contributed by atoms with Gasteiger partial charge in [-0.05, 0) is 35.1 Å². The Labute approximate surface area is 114 Å². The molecule has 0 saturated heterocycles. The van der Waals surface area contributed by atoms with Crippen molar-refractivity contribution in [2.24, 2.45) is 0 Å². The Morgan fingerprint density at radius 1 is 1.33 bits per heavy atom. The monoisotopic (exact) mass is 314 g/mol. The van der Waals surface area contributed by atoms with Crippen molar-refractivity contribution in [1.82, 2.24) is 10.6 Å². The molecular formula is C12H15BrN2O3. The van der Waals surface area contributed by atoms with E-state index >= 15 is 0 Å². The van der Waals surface area contributed by atoms with Gasteiger partial charge in [0.05, 0.1) is 4.47 Å². The standard InChI is InChI=1S/C12H15BrN2O3/c1-14-2-3-15-12(16)8-6-9(13)11-10(7-8)17-4-5-18-11/h6-7,14H,2-5H2,1H3,(H,15,16). The third kappa shape index (κ3) is 2.94. The Kier molecular flexibility index (Phi) is 4.43. The molecule has 98 valence electrons. The molecule has 2 rings (SSSR count). The molecular weight excluding hydrogens is 300 g/mol. The van der Waals surface area contributed by atoms with Gasteiger partial charge in [-0.25, -0.2) is 0 Å². The minimum absolute atomic E-state index is 0.122. The summed E-state index contributed by atoms with van der Waals surface area (Å²) < 4.78 is 11.7. The maximum absolute atomic E-state index is 11.9. The van der Waals surface area contributed by atoms with Gasteiger partial charge in [0.1, 0.15) is 13.2 Å². The normalized spacial score (nSPS) is 13.2. The fraction of sp³-hybridized carbons (Fsp3) is 0.417. The second-order valence-electron chi connectivity index (χ2n) is 3.84. The summed E-state index contributed by atoms with van der Waals surface area (Å²) in [5.41, 5.74) is 0.558. The summed E-state index contributed by atoms with van der Waals surface area (Å²) in [6, 6.07) is 3.44. The molecule has 0 bridgehead atoms. The van der Waals surface area contributed by atoms with Crippen molar-refractivity contribution in [2.45, 2.75) is 0 Å². The van der Waals surface area contributed by atoms with Crippen LogP contribution >= 0.6 is 15.9 Å². The van der Waals surface area contributed by atoms with Crippen molar-refractivity contribution in [2.75, 3.05) is 33.4 Å². The van der Waals surface area contributed by atoms with E-state index in [0.717, 1.165) is 11.0 Å². The van der Waals surface area contributed by atoms with Crippen LogP contribution in [0, 0.1) is 0 Å². The lowest BCUT2D eigenvalue weighted by Gasteiger charge is -2.20. The van der Waals surface area contributed by atoms with Crippen molar-refractivity contribution < 1.29 is 14.3 Å². The largest absolute Gasteiger partial charge is 0.486 e. The summed E-state index contributed by atoms with van der Waals surface area (Å²) in [6.07, 6.45) is 0. The lowest BCUT2D eigenvalue weighted by Crippen LogP contribution is -2.30. The number of likely N-dealkylation sites (N-methyl/N-ethyl adjacent to an activating group) is 1. The van der Waals surface area contributed by atoms with Crippen LogP contribution in [0.1, 0.15) is 10.4 Å². The van der Waals surface area contributed by atoms with Gasteiger partial charge in [0.2, 0.25) is 0 Å². The molecule has 5 nitrogen and oxygen atoms in total. The minimum atomic E-state index is -0.122. The van der Waals surface area contributed by atoms with E-state index in [-0.39, 0.29) is 5.91 Å². The smallest absolute Gasteiger partial charge is 0.251 e. The maximum atomic E-state index is 11.9. The first kappa shape index (κ1) is 13.2. The highest BCUT2D eigenvalue weighted by Gasteiger charge is 2.18. The van der Waals surface area contributed by atoms with E-state index < -0.39 is 0 Å². The van der Waals surface area contributed by atoms with E-state index in [1.807, 2.05) is 7.05 Å². The van der Waals surface area contributed by atoms with Gasteiger partial charge < -0.3 is 20.1 Å². The number of hydrogen-bond acceptors (Lipinski definition) is 4. The van der Waals surface area contributed by atoms with Crippen LogP contribution in [0.5, 0.6) is 11.5 Å². The van der Waals surface area contributed by atoms with Crippen LogP contribution in [0.15, 0.2) is 16.6 Å². The summed E-state index contributed by atoms with van der Waals surface area (Å²) in [4.78, 5) is 11.9. The molecule has 0 radical (unpaired) electrons. The van der Waals surface area contributed by atoms with Crippen molar-refractivity contribution >= 4 is 21.8 Å². The summed E-state index contributed by atoms with van der Waals surface area (Å²) in [5.74, 6) is 1.14. The second-order valence-corrected chi connectivity index (χ2v) is 4.70. The molecule has 2 N–H and O–H groups in total. The minimum Gasteiger partial charge on any atom is -0.486 e. The number of carbonyl (C=O) groups excluding carboxylic acids is 1. The van der Waals surface area contributed by atoms with Crippen LogP contribution in [0.25, 0.3) is 0 Å². The molecule has 0 aliphatic carbocycles. The molecule has 0 atom stereocenters. The number of ether oxygens (including phenoxy) is 2. The second kappa shape index (κ2) is 6.06. The molecule has 0 spiro atoms. The van der Waals surface area contributed by atoms with Gasteiger partial charge in [-0.1, -0.05) is 0 Å². The van der Waals surface area contributed by atoms with Crippen molar-refractivity contribution in [1.29, 1.82) is 0 Å². The number of carbonyl (C=O) groups is 1. The Morgan fingerprint density at radius 2 is 2.11 bits per heavy atom. The third-order valence-corrected chi connectivity index (χ3v) is 3.11. The van der Waals surface area contributed by atoms with E-state index in [1.165, 1.54) is 0 Å². The number of hydrogen-bond donors (Lipinski definition) is 2. The van der Waals surface area contributed by atoms with Gasteiger partial charge in [-0.3, -0.25) is 4.79 Å².